The van der Waals surface area contributed by atoms with E-state index in [0.29, 0.717) is 36.8 Å². The van der Waals surface area contributed by atoms with Crippen molar-refractivity contribution in [2.75, 3.05) is 25.2 Å². The van der Waals surface area contributed by atoms with E-state index >= 15 is 0 Å². The predicted octanol–water partition coefficient (Wildman–Crippen LogP) is 5.55. The number of ether oxygens (including phenoxy) is 1. The minimum atomic E-state index is -1.13. The van der Waals surface area contributed by atoms with Crippen LogP contribution in [0.25, 0.3) is 28.2 Å². The number of aromatic carboxylic acids is 1. The van der Waals surface area contributed by atoms with Crippen molar-refractivity contribution < 1.29 is 23.8 Å². The topological polar surface area (TPSA) is 110 Å². The molecule has 5 rings (SSSR count). The van der Waals surface area contributed by atoms with E-state index in [4.69, 9.17) is 9.15 Å². The van der Waals surface area contributed by atoms with Crippen LogP contribution in [0.3, 0.4) is 0 Å². The first kappa shape index (κ1) is 25.7. The van der Waals surface area contributed by atoms with Gasteiger partial charge in [-0.25, -0.2) is 14.3 Å². The molecule has 1 aromatic carbocycles. The van der Waals surface area contributed by atoms with Crippen molar-refractivity contribution in [1.82, 2.24) is 14.6 Å². The molecule has 0 atom stereocenters. The summed E-state index contributed by atoms with van der Waals surface area (Å²) in [6.45, 7) is 2.99. The van der Waals surface area contributed by atoms with Gasteiger partial charge >= 0.3 is 5.97 Å². The zero-order chi connectivity index (χ0) is 26.6. The number of aromatic nitrogens is 3. The Morgan fingerprint density at radius 3 is 2.55 bits per heavy atom. The number of amides is 1. The molecule has 1 fully saturated rings. The van der Waals surface area contributed by atoms with E-state index < -0.39 is 5.97 Å². The molecule has 3 heterocycles. The van der Waals surface area contributed by atoms with E-state index in [0.717, 1.165) is 42.6 Å². The first-order valence-corrected chi connectivity index (χ1v) is 13.0. The van der Waals surface area contributed by atoms with Crippen molar-refractivity contribution >= 4 is 23.4 Å². The van der Waals surface area contributed by atoms with Crippen molar-refractivity contribution in [3.05, 3.63) is 60.4 Å². The van der Waals surface area contributed by atoms with E-state index in [2.05, 4.69) is 17.0 Å². The van der Waals surface area contributed by atoms with Gasteiger partial charge in [0, 0.05) is 61.8 Å². The SMILES string of the molecule is COCCCN(C(=O)C1CCC(C)CC1)c1oc(-c2ccc(-c3cc4ncccn4n3)cc2)cc1C(=O)O. The van der Waals surface area contributed by atoms with Gasteiger partial charge in [-0.15, -0.1) is 0 Å². The van der Waals surface area contributed by atoms with Crippen LogP contribution in [0.5, 0.6) is 0 Å². The molecule has 0 saturated heterocycles. The highest BCUT2D eigenvalue weighted by Crippen LogP contribution is 2.36. The molecule has 3 aromatic heterocycles. The van der Waals surface area contributed by atoms with Crippen LogP contribution in [-0.4, -0.2) is 51.8 Å². The van der Waals surface area contributed by atoms with E-state index in [1.54, 1.807) is 17.8 Å². The number of rotatable bonds is 9. The number of methoxy groups -OCH3 is 1. The number of anilines is 1. The fraction of sp³-hybridized carbons (Fsp3) is 0.379. The molecule has 198 valence electrons. The number of carboxylic acid groups (broad SMARTS) is 1. The van der Waals surface area contributed by atoms with Crippen molar-refractivity contribution in [1.29, 1.82) is 0 Å². The largest absolute Gasteiger partial charge is 0.477 e. The number of furan rings is 1. The number of hydrogen-bond donors (Lipinski definition) is 1. The molecular formula is C29H32N4O5. The lowest BCUT2D eigenvalue weighted by atomic mass is 9.82. The smallest absolute Gasteiger partial charge is 0.341 e. The highest BCUT2D eigenvalue weighted by atomic mass is 16.5. The molecule has 1 aliphatic rings. The summed E-state index contributed by atoms with van der Waals surface area (Å²) in [5.41, 5.74) is 3.11. The summed E-state index contributed by atoms with van der Waals surface area (Å²) in [5, 5.41) is 14.5. The van der Waals surface area contributed by atoms with Crippen LogP contribution in [0.4, 0.5) is 5.88 Å². The second kappa shape index (κ2) is 11.2. The molecule has 0 radical (unpaired) electrons. The molecule has 9 nitrogen and oxygen atoms in total. The van der Waals surface area contributed by atoms with Gasteiger partial charge < -0.3 is 14.3 Å². The van der Waals surface area contributed by atoms with Crippen molar-refractivity contribution in [2.24, 2.45) is 11.8 Å². The summed E-state index contributed by atoms with van der Waals surface area (Å²) in [4.78, 5) is 31.7. The molecule has 0 spiro atoms. The first-order chi connectivity index (χ1) is 18.4. The lowest BCUT2D eigenvalue weighted by Gasteiger charge is -2.30. The monoisotopic (exact) mass is 516 g/mol. The second-order valence-electron chi connectivity index (χ2n) is 9.96. The van der Waals surface area contributed by atoms with Crippen LogP contribution in [0, 0.1) is 11.8 Å². The standard InChI is InChI=1S/C29H32N4O5/c1-19-5-7-22(8-6-19)27(34)32(14-4-16-37-2)28-23(29(35)36)17-25(38-28)21-11-9-20(10-12-21)24-18-26-30-13-3-15-33(26)31-24/h3,9-13,15,17-19,22H,4-8,14,16H2,1-2H3,(H,35,36). The quantitative estimate of drug-likeness (QED) is 0.290. The Morgan fingerprint density at radius 2 is 1.87 bits per heavy atom. The van der Waals surface area contributed by atoms with Gasteiger partial charge in [0.1, 0.15) is 11.3 Å². The Hall–Kier alpha value is -3.98. The maximum Gasteiger partial charge on any atom is 0.341 e. The van der Waals surface area contributed by atoms with Gasteiger partial charge in [-0.3, -0.25) is 9.69 Å². The van der Waals surface area contributed by atoms with Crippen molar-refractivity contribution in [3.63, 3.8) is 0 Å². The summed E-state index contributed by atoms with van der Waals surface area (Å²) in [6.07, 6.45) is 7.72. The molecule has 1 N–H and O–H groups in total. The van der Waals surface area contributed by atoms with Gasteiger partial charge in [0.2, 0.25) is 11.8 Å². The molecule has 1 saturated carbocycles. The van der Waals surface area contributed by atoms with Crippen molar-refractivity contribution in [2.45, 2.75) is 39.0 Å². The average Bonchev–Trinajstić information content (AvgIpc) is 3.57. The second-order valence-corrected chi connectivity index (χ2v) is 9.96. The average molecular weight is 517 g/mol. The number of carbonyl (C=O) groups is 2. The van der Waals surface area contributed by atoms with Gasteiger partial charge in [-0.2, -0.15) is 5.10 Å². The summed E-state index contributed by atoms with van der Waals surface area (Å²) in [5.74, 6) is -0.267. The summed E-state index contributed by atoms with van der Waals surface area (Å²) in [6, 6.07) is 12.8. The molecule has 9 heteroatoms. The predicted molar refractivity (Wildman–Crippen MR) is 143 cm³/mol. The number of nitrogens with zero attached hydrogens (tertiary/aromatic N) is 4. The Bertz CT molecular complexity index is 1380. The number of carboxylic acids is 1. The molecule has 0 aliphatic heterocycles. The van der Waals surface area contributed by atoms with Crippen molar-refractivity contribution in [3.8, 4) is 22.6 Å². The summed E-state index contributed by atoms with van der Waals surface area (Å²) >= 11 is 0. The molecule has 0 unspecified atom stereocenters. The van der Waals surface area contributed by atoms with Crippen LogP contribution in [-0.2, 0) is 9.53 Å². The van der Waals surface area contributed by atoms with E-state index in [1.807, 2.05) is 42.6 Å². The Balaban J connectivity index is 1.44. The molecule has 4 aromatic rings. The third-order valence-electron chi connectivity index (χ3n) is 7.25. The normalized spacial score (nSPS) is 17.5. The highest BCUT2D eigenvalue weighted by molar-refractivity contribution is 6.02. The van der Waals surface area contributed by atoms with E-state index in [9.17, 15) is 14.7 Å². The van der Waals surface area contributed by atoms with E-state index in [-0.39, 0.29) is 23.3 Å². The number of benzene rings is 1. The Kier molecular flexibility index (Phi) is 7.55. The van der Waals surface area contributed by atoms with Gasteiger partial charge in [0.25, 0.3) is 0 Å². The fourth-order valence-electron chi connectivity index (χ4n) is 5.06. The maximum absolute atomic E-state index is 13.6. The first-order valence-electron chi connectivity index (χ1n) is 13.0. The molecule has 1 amide bonds. The lowest BCUT2D eigenvalue weighted by Crippen LogP contribution is -2.39. The highest BCUT2D eigenvalue weighted by Gasteiger charge is 2.33. The molecule has 38 heavy (non-hydrogen) atoms. The molecule has 1 aliphatic carbocycles. The Labute approximate surface area is 221 Å². The number of hydrogen-bond acceptors (Lipinski definition) is 6. The molecular weight excluding hydrogens is 484 g/mol. The van der Waals surface area contributed by atoms with Gasteiger partial charge in [0.15, 0.2) is 5.65 Å². The van der Waals surface area contributed by atoms with Crippen LogP contribution in [0.1, 0.15) is 49.4 Å². The van der Waals surface area contributed by atoms with Crippen LogP contribution in [0.15, 0.2) is 59.3 Å². The minimum absolute atomic E-state index is 0.0227. The number of fused-ring (bicyclic) bond motifs is 1. The zero-order valence-corrected chi connectivity index (χ0v) is 21.7. The number of carbonyl (C=O) groups excluding carboxylic acids is 1. The summed E-state index contributed by atoms with van der Waals surface area (Å²) < 4.78 is 13.0. The van der Waals surface area contributed by atoms with Crippen LogP contribution >= 0.6 is 0 Å². The third-order valence-corrected chi connectivity index (χ3v) is 7.25. The van der Waals surface area contributed by atoms with Crippen LogP contribution in [0.2, 0.25) is 0 Å². The van der Waals surface area contributed by atoms with Crippen LogP contribution < -0.4 is 4.90 Å². The van der Waals surface area contributed by atoms with Gasteiger partial charge in [-0.05, 0) is 44.1 Å². The molecule has 0 bridgehead atoms. The lowest BCUT2D eigenvalue weighted by molar-refractivity contribution is -0.123. The summed E-state index contributed by atoms with van der Waals surface area (Å²) in [7, 11) is 1.61. The Morgan fingerprint density at radius 1 is 1.13 bits per heavy atom. The van der Waals surface area contributed by atoms with E-state index in [1.165, 1.54) is 11.0 Å². The fourth-order valence-corrected chi connectivity index (χ4v) is 5.06. The third kappa shape index (κ3) is 5.33. The minimum Gasteiger partial charge on any atom is -0.477 e. The maximum atomic E-state index is 13.6. The van der Waals surface area contributed by atoms with Gasteiger partial charge in [-0.1, -0.05) is 31.2 Å². The van der Waals surface area contributed by atoms with Gasteiger partial charge in [0.05, 0.1) is 5.69 Å². The zero-order valence-electron chi connectivity index (χ0n) is 21.7.